The van der Waals surface area contributed by atoms with Crippen LogP contribution in [0.25, 0.3) is 0 Å². The van der Waals surface area contributed by atoms with Gasteiger partial charge in [0.1, 0.15) is 0 Å². The molecule has 2 aromatic rings. The van der Waals surface area contributed by atoms with Crippen LogP contribution in [-0.2, 0) is 0 Å². The molecule has 0 aliphatic carbocycles. The highest BCUT2D eigenvalue weighted by molar-refractivity contribution is 9.10. The number of likely N-dealkylation sites (N-methyl/N-ethyl adjacent to an activating group) is 1. The number of carbonyl (C=O) groups is 1. The van der Waals surface area contributed by atoms with Gasteiger partial charge in [-0.1, -0.05) is 30.3 Å². The molecule has 1 amide bonds. The molecule has 2 aromatic carbocycles. The minimum atomic E-state index is -0.0595. The molecular formula is C17H19BrN2O. The molecule has 0 unspecified atom stereocenters. The lowest BCUT2D eigenvalue weighted by molar-refractivity contribution is 0.0951. The van der Waals surface area contributed by atoms with Gasteiger partial charge < -0.3 is 10.2 Å². The number of para-hydroxylation sites is 1. The van der Waals surface area contributed by atoms with E-state index in [-0.39, 0.29) is 11.9 Å². The zero-order valence-electron chi connectivity index (χ0n) is 12.2. The van der Waals surface area contributed by atoms with Gasteiger partial charge in [0.05, 0.1) is 5.56 Å². The van der Waals surface area contributed by atoms with Gasteiger partial charge in [-0.15, -0.1) is 0 Å². The van der Waals surface area contributed by atoms with Crippen LogP contribution >= 0.6 is 15.9 Å². The minimum Gasteiger partial charge on any atom is -0.370 e. The monoisotopic (exact) mass is 346 g/mol. The van der Waals surface area contributed by atoms with Crippen molar-refractivity contribution in [3.8, 4) is 0 Å². The van der Waals surface area contributed by atoms with E-state index >= 15 is 0 Å². The van der Waals surface area contributed by atoms with Crippen molar-refractivity contribution in [1.29, 1.82) is 0 Å². The third-order valence-corrected chi connectivity index (χ3v) is 4.19. The standard InChI is InChI=1S/C17H19BrN2O/c1-13(20(2)14-8-4-3-5-9-14)12-19-17(21)15-10-6-7-11-16(15)18/h3-11,13H,12H2,1-2H3,(H,19,21)/t13-/m0/s1. The van der Waals surface area contributed by atoms with E-state index in [9.17, 15) is 4.79 Å². The molecule has 0 bridgehead atoms. The van der Waals surface area contributed by atoms with Crippen LogP contribution in [0.1, 0.15) is 17.3 Å². The lowest BCUT2D eigenvalue weighted by Crippen LogP contribution is -2.40. The SMILES string of the molecule is C[C@@H](CNC(=O)c1ccccc1Br)N(C)c1ccccc1. The fourth-order valence-corrected chi connectivity index (χ4v) is 2.50. The zero-order valence-corrected chi connectivity index (χ0v) is 13.8. The first-order chi connectivity index (χ1) is 10.1. The van der Waals surface area contributed by atoms with Crippen molar-refractivity contribution in [2.75, 3.05) is 18.5 Å². The van der Waals surface area contributed by atoms with Crippen LogP contribution in [0.4, 0.5) is 5.69 Å². The first-order valence-corrected chi connectivity index (χ1v) is 7.69. The van der Waals surface area contributed by atoms with E-state index in [0.717, 1.165) is 10.2 Å². The van der Waals surface area contributed by atoms with Crippen molar-refractivity contribution < 1.29 is 4.79 Å². The van der Waals surface area contributed by atoms with Crippen LogP contribution in [0.3, 0.4) is 0 Å². The normalized spacial score (nSPS) is 11.8. The average Bonchev–Trinajstić information content (AvgIpc) is 2.52. The summed E-state index contributed by atoms with van der Waals surface area (Å²) in [7, 11) is 2.03. The van der Waals surface area contributed by atoms with Gasteiger partial charge in [0.25, 0.3) is 5.91 Å². The molecule has 4 heteroatoms. The van der Waals surface area contributed by atoms with E-state index in [1.54, 1.807) is 0 Å². The Balaban J connectivity index is 1.94. The summed E-state index contributed by atoms with van der Waals surface area (Å²) in [6.45, 7) is 2.68. The molecule has 0 fully saturated rings. The summed E-state index contributed by atoms with van der Waals surface area (Å²) in [5.74, 6) is -0.0595. The maximum Gasteiger partial charge on any atom is 0.252 e. The minimum absolute atomic E-state index is 0.0595. The fourth-order valence-electron chi connectivity index (χ4n) is 2.04. The van der Waals surface area contributed by atoms with Gasteiger partial charge in [0.2, 0.25) is 0 Å². The van der Waals surface area contributed by atoms with E-state index in [1.807, 2.05) is 49.5 Å². The number of nitrogens with zero attached hydrogens (tertiary/aromatic N) is 1. The molecule has 0 aromatic heterocycles. The Morgan fingerprint density at radius 2 is 1.76 bits per heavy atom. The molecule has 110 valence electrons. The Kier molecular flexibility index (Phi) is 5.39. The first-order valence-electron chi connectivity index (χ1n) is 6.90. The summed E-state index contributed by atoms with van der Waals surface area (Å²) in [6, 6.07) is 17.8. The Hall–Kier alpha value is -1.81. The Morgan fingerprint density at radius 3 is 2.43 bits per heavy atom. The molecule has 0 radical (unpaired) electrons. The molecule has 0 spiro atoms. The second-order valence-electron chi connectivity index (χ2n) is 4.99. The summed E-state index contributed by atoms with van der Waals surface area (Å²) < 4.78 is 0.812. The molecule has 3 nitrogen and oxygen atoms in total. The number of amides is 1. The number of benzene rings is 2. The van der Waals surface area contributed by atoms with Crippen LogP contribution in [0.2, 0.25) is 0 Å². The summed E-state index contributed by atoms with van der Waals surface area (Å²) >= 11 is 3.40. The Labute approximate surface area is 134 Å². The lowest BCUT2D eigenvalue weighted by Gasteiger charge is -2.27. The van der Waals surface area contributed by atoms with Gasteiger partial charge in [-0.25, -0.2) is 0 Å². The van der Waals surface area contributed by atoms with E-state index in [1.165, 1.54) is 0 Å². The summed E-state index contributed by atoms with van der Waals surface area (Å²) in [4.78, 5) is 14.3. The summed E-state index contributed by atoms with van der Waals surface area (Å²) in [5.41, 5.74) is 1.80. The predicted octanol–water partition coefficient (Wildman–Crippen LogP) is 3.70. The second-order valence-corrected chi connectivity index (χ2v) is 5.84. The Morgan fingerprint density at radius 1 is 1.14 bits per heavy atom. The van der Waals surface area contributed by atoms with E-state index in [2.05, 4.69) is 45.2 Å². The topological polar surface area (TPSA) is 32.3 Å². The molecule has 0 aliphatic heterocycles. The van der Waals surface area contributed by atoms with Gasteiger partial charge >= 0.3 is 0 Å². The van der Waals surface area contributed by atoms with Crippen LogP contribution in [-0.4, -0.2) is 25.5 Å². The van der Waals surface area contributed by atoms with Crippen molar-refractivity contribution in [2.24, 2.45) is 0 Å². The molecule has 0 saturated carbocycles. The molecule has 1 atom stereocenters. The molecule has 1 N–H and O–H groups in total. The van der Waals surface area contributed by atoms with Gasteiger partial charge in [0.15, 0.2) is 0 Å². The number of hydrogen-bond acceptors (Lipinski definition) is 2. The second kappa shape index (κ2) is 7.27. The van der Waals surface area contributed by atoms with Crippen LogP contribution in [0.5, 0.6) is 0 Å². The summed E-state index contributed by atoms with van der Waals surface area (Å²) in [5, 5.41) is 2.98. The van der Waals surface area contributed by atoms with Crippen LogP contribution in [0.15, 0.2) is 59.1 Å². The number of halogens is 1. The first kappa shape index (κ1) is 15.6. The van der Waals surface area contributed by atoms with Crippen molar-refractivity contribution >= 4 is 27.5 Å². The predicted molar refractivity (Wildman–Crippen MR) is 90.8 cm³/mol. The number of anilines is 1. The highest BCUT2D eigenvalue weighted by Gasteiger charge is 2.13. The van der Waals surface area contributed by atoms with Gasteiger partial charge in [0, 0.05) is 29.8 Å². The molecule has 0 saturated heterocycles. The van der Waals surface area contributed by atoms with Crippen molar-refractivity contribution in [1.82, 2.24) is 5.32 Å². The maximum atomic E-state index is 12.2. The van der Waals surface area contributed by atoms with Crippen molar-refractivity contribution in [3.05, 3.63) is 64.6 Å². The number of rotatable bonds is 5. The quantitative estimate of drug-likeness (QED) is 0.894. The lowest BCUT2D eigenvalue weighted by atomic mass is 10.2. The van der Waals surface area contributed by atoms with Gasteiger partial charge in [-0.2, -0.15) is 0 Å². The van der Waals surface area contributed by atoms with E-state index in [0.29, 0.717) is 12.1 Å². The molecular weight excluding hydrogens is 328 g/mol. The van der Waals surface area contributed by atoms with Crippen molar-refractivity contribution in [2.45, 2.75) is 13.0 Å². The van der Waals surface area contributed by atoms with Crippen LogP contribution in [0, 0.1) is 0 Å². The largest absolute Gasteiger partial charge is 0.370 e. The highest BCUT2D eigenvalue weighted by Crippen LogP contribution is 2.16. The molecule has 2 rings (SSSR count). The number of carbonyl (C=O) groups excluding carboxylic acids is 1. The third-order valence-electron chi connectivity index (χ3n) is 3.50. The van der Waals surface area contributed by atoms with Crippen LogP contribution < -0.4 is 10.2 Å². The number of hydrogen-bond donors (Lipinski definition) is 1. The average molecular weight is 347 g/mol. The molecule has 0 heterocycles. The van der Waals surface area contributed by atoms with E-state index < -0.39 is 0 Å². The highest BCUT2D eigenvalue weighted by atomic mass is 79.9. The maximum absolute atomic E-state index is 12.2. The molecule has 0 aliphatic rings. The third kappa shape index (κ3) is 4.08. The number of nitrogens with one attached hydrogen (secondary N) is 1. The van der Waals surface area contributed by atoms with Gasteiger partial charge in [-0.3, -0.25) is 4.79 Å². The van der Waals surface area contributed by atoms with E-state index in [4.69, 9.17) is 0 Å². The Bertz CT molecular complexity index is 601. The molecule has 21 heavy (non-hydrogen) atoms. The zero-order chi connectivity index (χ0) is 15.2. The summed E-state index contributed by atoms with van der Waals surface area (Å²) in [6.07, 6.45) is 0. The smallest absolute Gasteiger partial charge is 0.252 e. The van der Waals surface area contributed by atoms with Crippen molar-refractivity contribution in [3.63, 3.8) is 0 Å². The fraction of sp³-hybridized carbons (Fsp3) is 0.235. The van der Waals surface area contributed by atoms with Gasteiger partial charge in [-0.05, 0) is 47.1 Å².